The van der Waals surface area contributed by atoms with E-state index in [1.807, 2.05) is 12.1 Å². The Morgan fingerprint density at radius 2 is 2.31 bits per heavy atom. The second-order valence-corrected chi connectivity index (χ2v) is 3.14. The highest BCUT2D eigenvalue weighted by Gasteiger charge is 2.04. The highest BCUT2D eigenvalue weighted by atomic mass is 35.5. The summed E-state index contributed by atoms with van der Waals surface area (Å²) in [6.45, 7) is 1.75. The van der Waals surface area contributed by atoms with Gasteiger partial charge in [-0.05, 0) is 24.6 Å². The Bertz CT molecular complexity index is 335. The van der Waals surface area contributed by atoms with Gasteiger partial charge >= 0.3 is 0 Å². The molecule has 0 amide bonds. The second kappa shape index (κ2) is 4.91. The minimum Gasteiger partial charge on any atom is -0.387 e. The van der Waals surface area contributed by atoms with E-state index in [1.54, 1.807) is 19.1 Å². The fourth-order valence-electron chi connectivity index (χ4n) is 1.03. The zero-order valence-corrected chi connectivity index (χ0v) is 8.17. The fraction of sp³-hybridized carbons (Fsp3) is 0.273. The van der Waals surface area contributed by atoms with Crippen LogP contribution in [0.1, 0.15) is 25.0 Å². The van der Waals surface area contributed by atoms with Crippen molar-refractivity contribution in [3.8, 4) is 11.8 Å². The van der Waals surface area contributed by atoms with Gasteiger partial charge in [-0.2, -0.15) is 0 Å². The SMILES string of the molecule is CC#CCC(O)c1cccc(Cl)c1. The Morgan fingerprint density at radius 1 is 1.54 bits per heavy atom. The van der Waals surface area contributed by atoms with Crippen LogP contribution in [0.2, 0.25) is 5.02 Å². The van der Waals surface area contributed by atoms with Crippen LogP contribution in [0.3, 0.4) is 0 Å². The van der Waals surface area contributed by atoms with Crippen LogP contribution in [0.5, 0.6) is 0 Å². The van der Waals surface area contributed by atoms with E-state index >= 15 is 0 Å². The summed E-state index contributed by atoms with van der Waals surface area (Å²) in [5, 5.41) is 10.3. The van der Waals surface area contributed by atoms with Crippen molar-refractivity contribution >= 4 is 11.6 Å². The number of aliphatic hydroxyl groups excluding tert-OH is 1. The van der Waals surface area contributed by atoms with Gasteiger partial charge in [0.1, 0.15) is 0 Å². The molecule has 1 unspecified atom stereocenters. The van der Waals surface area contributed by atoms with Crippen molar-refractivity contribution in [3.05, 3.63) is 34.9 Å². The zero-order chi connectivity index (χ0) is 9.68. The molecule has 0 aliphatic carbocycles. The van der Waals surface area contributed by atoms with Crippen LogP contribution in [0.15, 0.2) is 24.3 Å². The van der Waals surface area contributed by atoms with Crippen molar-refractivity contribution in [2.75, 3.05) is 0 Å². The van der Waals surface area contributed by atoms with E-state index in [-0.39, 0.29) is 0 Å². The largest absolute Gasteiger partial charge is 0.387 e. The standard InChI is InChI=1S/C11H11ClO/c1-2-3-7-11(13)9-5-4-6-10(12)8-9/h4-6,8,11,13H,7H2,1H3. The lowest BCUT2D eigenvalue weighted by Crippen LogP contribution is -1.95. The number of rotatable bonds is 2. The monoisotopic (exact) mass is 194 g/mol. The molecule has 1 aromatic rings. The molecular formula is C11H11ClO. The summed E-state index contributed by atoms with van der Waals surface area (Å²) in [5.41, 5.74) is 0.815. The topological polar surface area (TPSA) is 20.2 Å². The summed E-state index contributed by atoms with van der Waals surface area (Å²) in [4.78, 5) is 0. The van der Waals surface area contributed by atoms with Crippen LogP contribution in [-0.2, 0) is 0 Å². The van der Waals surface area contributed by atoms with E-state index in [4.69, 9.17) is 11.6 Å². The Balaban J connectivity index is 2.74. The summed E-state index contributed by atoms with van der Waals surface area (Å²) in [5.74, 6) is 5.56. The fourth-order valence-corrected chi connectivity index (χ4v) is 1.23. The molecule has 13 heavy (non-hydrogen) atoms. The molecule has 0 fully saturated rings. The molecule has 0 aliphatic heterocycles. The molecule has 1 N–H and O–H groups in total. The second-order valence-electron chi connectivity index (χ2n) is 2.70. The Labute approximate surface area is 83.4 Å². The average molecular weight is 195 g/mol. The van der Waals surface area contributed by atoms with Gasteiger partial charge in [0.05, 0.1) is 6.10 Å². The van der Waals surface area contributed by atoms with Crippen molar-refractivity contribution in [1.29, 1.82) is 0 Å². The van der Waals surface area contributed by atoms with Crippen LogP contribution in [0.4, 0.5) is 0 Å². The van der Waals surface area contributed by atoms with E-state index < -0.39 is 6.10 Å². The quantitative estimate of drug-likeness (QED) is 0.718. The number of hydrogen-bond donors (Lipinski definition) is 1. The summed E-state index contributed by atoms with van der Waals surface area (Å²) in [6.07, 6.45) is -0.0808. The van der Waals surface area contributed by atoms with Gasteiger partial charge in [0.15, 0.2) is 0 Å². The minimum atomic E-state index is -0.536. The predicted molar refractivity (Wildman–Crippen MR) is 54.5 cm³/mol. The summed E-state index contributed by atoms with van der Waals surface area (Å²) in [7, 11) is 0. The normalized spacial score (nSPS) is 11.6. The summed E-state index contributed by atoms with van der Waals surface area (Å²) < 4.78 is 0. The number of aliphatic hydroxyl groups is 1. The van der Waals surface area contributed by atoms with Gasteiger partial charge in [-0.15, -0.1) is 11.8 Å². The van der Waals surface area contributed by atoms with Gasteiger partial charge < -0.3 is 5.11 Å². The first kappa shape index (κ1) is 10.1. The van der Waals surface area contributed by atoms with Gasteiger partial charge in [-0.1, -0.05) is 23.7 Å². The van der Waals surface area contributed by atoms with Crippen molar-refractivity contribution in [2.45, 2.75) is 19.4 Å². The Kier molecular flexibility index (Phi) is 3.82. The van der Waals surface area contributed by atoms with E-state index in [2.05, 4.69) is 11.8 Å². The van der Waals surface area contributed by atoms with Crippen molar-refractivity contribution < 1.29 is 5.11 Å². The maximum Gasteiger partial charge on any atom is 0.0899 e. The zero-order valence-electron chi connectivity index (χ0n) is 7.42. The van der Waals surface area contributed by atoms with Gasteiger partial charge in [-0.3, -0.25) is 0 Å². The lowest BCUT2D eigenvalue weighted by atomic mass is 10.1. The molecule has 0 heterocycles. The third kappa shape index (κ3) is 3.10. The first-order valence-corrected chi connectivity index (χ1v) is 4.45. The van der Waals surface area contributed by atoms with Gasteiger partial charge in [0.2, 0.25) is 0 Å². The first-order chi connectivity index (χ1) is 6.24. The van der Waals surface area contributed by atoms with Crippen LogP contribution in [-0.4, -0.2) is 5.11 Å². The molecule has 0 aliphatic rings. The smallest absolute Gasteiger partial charge is 0.0899 e. The van der Waals surface area contributed by atoms with Gasteiger partial charge in [0.25, 0.3) is 0 Å². The molecule has 1 rings (SSSR count). The van der Waals surface area contributed by atoms with Gasteiger partial charge in [0, 0.05) is 11.4 Å². The summed E-state index contributed by atoms with van der Waals surface area (Å²) in [6, 6.07) is 7.20. The maximum atomic E-state index is 9.61. The van der Waals surface area contributed by atoms with Crippen LogP contribution in [0.25, 0.3) is 0 Å². The van der Waals surface area contributed by atoms with E-state index in [0.717, 1.165) is 5.56 Å². The van der Waals surface area contributed by atoms with Crippen LogP contribution in [0, 0.1) is 11.8 Å². The molecule has 2 heteroatoms. The van der Waals surface area contributed by atoms with Crippen molar-refractivity contribution in [2.24, 2.45) is 0 Å². The van der Waals surface area contributed by atoms with Crippen molar-refractivity contribution in [1.82, 2.24) is 0 Å². The molecule has 0 spiro atoms. The van der Waals surface area contributed by atoms with Crippen molar-refractivity contribution in [3.63, 3.8) is 0 Å². The highest BCUT2D eigenvalue weighted by molar-refractivity contribution is 6.30. The molecule has 0 saturated carbocycles. The maximum absolute atomic E-state index is 9.61. The third-order valence-electron chi connectivity index (χ3n) is 1.71. The third-order valence-corrected chi connectivity index (χ3v) is 1.94. The minimum absolute atomic E-state index is 0.455. The number of hydrogen-bond acceptors (Lipinski definition) is 1. The molecule has 0 bridgehead atoms. The molecule has 1 aromatic carbocycles. The molecule has 1 atom stereocenters. The first-order valence-electron chi connectivity index (χ1n) is 4.07. The lowest BCUT2D eigenvalue weighted by Gasteiger charge is -2.06. The van der Waals surface area contributed by atoms with E-state index in [0.29, 0.717) is 11.4 Å². The van der Waals surface area contributed by atoms with E-state index in [1.165, 1.54) is 0 Å². The van der Waals surface area contributed by atoms with E-state index in [9.17, 15) is 5.11 Å². The molecule has 0 saturated heterocycles. The summed E-state index contributed by atoms with van der Waals surface area (Å²) >= 11 is 5.78. The highest BCUT2D eigenvalue weighted by Crippen LogP contribution is 2.19. The Hall–Kier alpha value is -0.970. The average Bonchev–Trinajstić information content (AvgIpc) is 2.14. The number of benzene rings is 1. The molecule has 0 radical (unpaired) electrons. The molecule has 1 nitrogen and oxygen atoms in total. The Morgan fingerprint density at radius 3 is 2.92 bits per heavy atom. The lowest BCUT2D eigenvalue weighted by molar-refractivity contribution is 0.184. The molecular weight excluding hydrogens is 184 g/mol. The van der Waals surface area contributed by atoms with Crippen LogP contribution >= 0.6 is 11.6 Å². The molecule has 68 valence electrons. The van der Waals surface area contributed by atoms with Gasteiger partial charge in [-0.25, -0.2) is 0 Å². The number of halogens is 1. The van der Waals surface area contributed by atoms with Crippen LogP contribution < -0.4 is 0 Å². The predicted octanol–water partition coefficient (Wildman–Crippen LogP) is 2.79. The molecule has 0 aromatic heterocycles.